The molecule has 1 aliphatic carbocycles. The monoisotopic (exact) mass is 332 g/mol. The van der Waals surface area contributed by atoms with Crippen LogP contribution >= 0.6 is 0 Å². The number of hydrogen-bond acceptors (Lipinski definition) is 4. The number of carbonyl (C=O) groups excluding carboxylic acids is 1. The topological polar surface area (TPSA) is 60.2 Å². The van der Waals surface area contributed by atoms with Crippen molar-refractivity contribution in [2.45, 2.75) is 24.9 Å². The minimum absolute atomic E-state index is 0.102. The van der Waals surface area contributed by atoms with Gasteiger partial charge in [0, 0.05) is 12.6 Å². The van der Waals surface area contributed by atoms with E-state index in [-0.39, 0.29) is 17.5 Å². The lowest BCUT2D eigenvalue weighted by atomic mass is 9.82. The average molecular weight is 332 g/mol. The molecule has 0 bridgehead atoms. The van der Waals surface area contributed by atoms with Crippen molar-refractivity contribution in [2.75, 3.05) is 0 Å². The molecule has 1 aromatic carbocycles. The Morgan fingerprint density at radius 3 is 2.58 bits per heavy atom. The van der Waals surface area contributed by atoms with E-state index in [0.717, 1.165) is 10.1 Å². The highest BCUT2D eigenvalue weighted by molar-refractivity contribution is 5.98. The van der Waals surface area contributed by atoms with E-state index in [2.05, 4.69) is 15.1 Å². The maximum atomic E-state index is 12.8. The molecule has 3 aromatic rings. The molecule has 0 saturated carbocycles. The van der Waals surface area contributed by atoms with Gasteiger partial charge in [0.1, 0.15) is 0 Å². The summed E-state index contributed by atoms with van der Waals surface area (Å²) in [7, 11) is 0. The van der Waals surface area contributed by atoms with Crippen LogP contribution in [0.15, 0.2) is 36.5 Å². The predicted octanol–water partition coefficient (Wildman–Crippen LogP) is 3.06. The Morgan fingerprint density at radius 2 is 1.88 bits per heavy atom. The van der Waals surface area contributed by atoms with Crippen molar-refractivity contribution in [3.05, 3.63) is 59.2 Å². The van der Waals surface area contributed by atoms with E-state index >= 15 is 0 Å². The normalized spacial score (nSPS) is 18.0. The summed E-state index contributed by atoms with van der Waals surface area (Å²) in [5, 5.41) is 3.53. The van der Waals surface area contributed by atoms with Crippen LogP contribution in [0.25, 0.3) is 5.78 Å². The molecule has 0 radical (unpaired) electrons. The number of rotatable bonds is 1. The van der Waals surface area contributed by atoms with Gasteiger partial charge in [0.25, 0.3) is 11.6 Å². The van der Waals surface area contributed by atoms with Gasteiger partial charge >= 0.3 is 6.18 Å². The molecule has 8 heteroatoms. The Balaban J connectivity index is 1.84. The zero-order chi connectivity index (χ0) is 16.9. The number of Topliss-reactive ketones (excluding diaryl/α,β-unsaturated/α-hetero) is 1. The van der Waals surface area contributed by atoms with Crippen LogP contribution in [-0.4, -0.2) is 25.4 Å². The summed E-state index contributed by atoms with van der Waals surface area (Å²) < 4.78 is 39.6. The third-order valence-electron chi connectivity index (χ3n) is 4.16. The maximum Gasteiger partial charge on any atom is 0.453 e. The molecule has 0 spiro atoms. The van der Waals surface area contributed by atoms with Gasteiger partial charge in [-0.2, -0.15) is 18.2 Å². The molecule has 2 heterocycles. The van der Waals surface area contributed by atoms with Crippen LogP contribution in [0.2, 0.25) is 0 Å². The van der Waals surface area contributed by atoms with E-state index in [1.165, 1.54) is 6.20 Å². The average Bonchev–Trinajstić information content (AvgIpc) is 3.00. The van der Waals surface area contributed by atoms with Gasteiger partial charge in [-0.25, -0.2) is 9.50 Å². The first-order valence-corrected chi connectivity index (χ1v) is 7.33. The van der Waals surface area contributed by atoms with Crippen LogP contribution in [0, 0.1) is 0 Å². The number of alkyl halides is 3. The number of ketones is 1. The molecule has 5 nitrogen and oxygen atoms in total. The van der Waals surface area contributed by atoms with Crippen molar-refractivity contribution in [3.8, 4) is 0 Å². The second-order valence-electron chi connectivity index (χ2n) is 5.70. The summed E-state index contributed by atoms with van der Waals surface area (Å²) in [4.78, 5) is 19.7. The third kappa shape index (κ3) is 2.34. The Kier molecular flexibility index (Phi) is 3.16. The zero-order valence-corrected chi connectivity index (χ0v) is 12.3. The second kappa shape index (κ2) is 5.12. The fraction of sp³-hybridized carbons (Fsp3) is 0.250. The fourth-order valence-corrected chi connectivity index (χ4v) is 3.03. The van der Waals surface area contributed by atoms with Crippen LogP contribution in [0.5, 0.6) is 0 Å². The van der Waals surface area contributed by atoms with Crippen LogP contribution in [0.1, 0.15) is 39.8 Å². The van der Waals surface area contributed by atoms with Gasteiger partial charge in [-0.1, -0.05) is 30.3 Å². The van der Waals surface area contributed by atoms with Gasteiger partial charge in [0.05, 0.1) is 11.3 Å². The maximum absolute atomic E-state index is 12.8. The molecule has 1 aliphatic rings. The molecule has 1 atom stereocenters. The molecule has 122 valence electrons. The highest BCUT2D eigenvalue weighted by Gasteiger charge is 2.38. The van der Waals surface area contributed by atoms with Crippen LogP contribution < -0.4 is 0 Å². The number of halogens is 3. The van der Waals surface area contributed by atoms with Crippen molar-refractivity contribution in [1.29, 1.82) is 0 Å². The SMILES string of the molecule is O=C1CC(c2ccccc2)Cc2c1cnc1nc(C(F)(F)F)nn21. The molecule has 4 rings (SSSR count). The van der Waals surface area contributed by atoms with Crippen molar-refractivity contribution < 1.29 is 18.0 Å². The summed E-state index contributed by atoms with van der Waals surface area (Å²) in [6, 6.07) is 9.42. The van der Waals surface area contributed by atoms with E-state index in [1.807, 2.05) is 30.3 Å². The first kappa shape index (κ1) is 14.8. The lowest BCUT2D eigenvalue weighted by Gasteiger charge is -2.23. The molecular formula is C16H11F3N4O. The smallest absolute Gasteiger partial charge is 0.294 e. The number of aromatic nitrogens is 4. The zero-order valence-electron chi connectivity index (χ0n) is 12.3. The van der Waals surface area contributed by atoms with Crippen LogP contribution in [0.4, 0.5) is 13.2 Å². The quantitative estimate of drug-likeness (QED) is 0.687. The number of benzene rings is 1. The minimum atomic E-state index is -4.65. The molecule has 24 heavy (non-hydrogen) atoms. The number of carbonyl (C=O) groups is 1. The lowest BCUT2D eigenvalue weighted by molar-refractivity contribution is -0.144. The molecule has 0 N–H and O–H groups in total. The summed E-state index contributed by atoms with van der Waals surface area (Å²) in [6.45, 7) is 0. The molecule has 0 aliphatic heterocycles. The predicted molar refractivity (Wildman–Crippen MR) is 77.6 cm³/mol. The molecule has 0 fully saturated rings. The summed E-state index contributed by atoms with van der Waals surface area (Å²) in [5.41, 5.74) is 1.71. The first-order chi connectivity index (χ1) is 11.4. The van der Waals surface area contributed by atoms with Crippen molar-refractivity contribution >= 4 is 11.6 Å². The van der Waals surface area contributed by atoms with Crippen LogP contribution in [-0.2, 0) is 12.6 Å². The summed E-state index contributed by atoms with van der Waals surface area (Å²) >= 11 is 0. The van der Waals surface area contributed by atoms with E-state index in [4.69, 9.17) is 0 Å². The van der Waals surface area contributed by atoms with E-state index < -0.39 is 12.0 Å². The van der Waals surface area contributed by atoms with Gasteiger partial charge < -0.3 is 0 Å². The fourth-order valence-electron chi connectivity index (χ4n) is 3.03. The Bertz CT molecular complexity index is 934. The molecule has 0 saturated heterocycles. The van der Waals surface area contributed by atoms with Gasteiger partial charge in [-0.05, 0) is 17.9 Å². The largest absolute Gasteiger partial charge is 0.453 e. The first-order valence-electron chi connectivity index (χ1n) is 7.33. The highest BCUT2D eigenvalue weighted by Crippen LogP contribution is 2.33. The minimum Gasteiger partial charge on any atom is -0.294 e. The van der Waals surface area contributed by atoms with Gasteiger partial charge in [-0.15, -0.1) is 5.10 Å². The van der Waals surface area contributed by atoms with E-state index in [9.17, 15) is 18.0 Å². The highest BCUT2D eigenvalue weighted by atomic mass is 19.4. The van der Waals surface area contributed by atoms with Crippen molar-refractivity contribution in [2.24, 2.45) is 0 Å². The summed E-state index contributed by atoms with van der Waals surface area (Å²) in [5.74, 6) is -1.65. The molecule has 0 amide bonds. The molecular weight excluding hydrogens is 321 g/mol. The van der Waals surface area contributed by atoms with Gasteiger partial charge in [0.15, 0.2) is 5.78 Å². The van der Waals surface area contributed by atoms with Gasteiger partial charge in [-0.3, -0.25) is 4.79 Å². The lowest BCUT2D eigenvalue weighted by Crippen LogP contribution is -2.22. The molecule has 1 unspecified atom stereocenters. The van der Waals surface area contributed by atoms with Gasteiger partial charge in [0.2, 0.25) is 0 Å². The Hall–Kier alpha value is -2.77. The number of hydrogen-bond donors (Lipinski definition) is 0. The van der Waals surface area contributed by atoms with E-state index in [0.29, 0.717) is 24.1 Å². The number of fused-ring (bicyclic) bond motifs is 3. The van der Waals surface area contributed by atoms with E-state index in [1.54, 1.807) is 0 Å². The second-order valence-corrected chi connectivity index (χ2v) is 5.70. The van der Waals surface area contributed by atoms with Crippen molar-refractivity contribution in [3.63, 3.8) is 0 Å². The Labute approximate surface area is 134 Å². The third-order valence-corrected chi connectivity index (χ3v) is 4.16. The Morgan fingerprint density at radius 1 is 1.12 bits per heavy atom. The van der Waals surface area contributed by atoms with Crippen molar-refractivity contribution in [1.82, 2.24) is 19.6 Å². The standard InChI is InChI=1S/C16H11F3N4O/c17-16(18,19)14-21-15-20-8-11-12(23(15)22-14)6-10(7-13(11)24)9-4-2-1-3-5-9/h1-5,8,10H,6-7H2. The summed E-state index contributed by atoms with van der Waals surface area (Å²) in [6.07, 6.45) is -2.66. The molecule has 2 aromatic heterocycles. The van der Waals surface area contributed by atoms with Crippen LogP contribution in [0.3, 0.4) is 0 Å². The number of nitrogens with zero attached hydrogens (tertiary/aromatic N) is 4.